The Morgan fingerprint density at radius 2 is 2.00 bits per heavy atom. The highest BCUT2D eigenvalue weighted by molar-refractivity contribution is 6.42. The van der Waals surface area contributed by atoms with Crippen LogP contribution in [0.15, 0.2) is 48.8 Å². The molecule has 0 bridgehead atoms. The molecule has 10 heteroatoms. The molecular weight excluding hydrogens is 415 g/mol. The van der Waals surface area contributed by atoms with Gasteiger partial charge in [0.1, 0.15) is 5.82 Å². The second-order valence-corrected chi connectivity index (χ2v) is 7.19. The quantitative estimate of drug-likeness (QED) is 0.663. The normalized spacial score (nSPS) is 13.9. The number of anilines is 2. The minimum absolute atomic E-state index is 0.0343. The summed E-state index contributed by atoms with van der Waals surface area (Å²) in [5, 5.41) is 10.7. The van der Waals surface area contributed by atoms with Crippen LogP contribution in [0.3, 0.4) is 0 Å². The van der Waals surface area contributed by atoms with Crippen molar-refractivity contribution in [1.29, 1.82) is 0 Å². The van der Waals surface area contributed by atoms with E-state index in [1.54, 1.807) is 53.5 Å². The van der Waals surface area contributed by atoms with Gasteiger partial charge in [0.2, 0.25) is 5.91 Å². The van der Waals surface area contributed by atoms with Gasteiger partial charge in [-0.25, -0.2) is 9.67 Å². The number of nitrogens with zero attached hydrogens (tertiary/aromatic N) is 4. The molecule has 0 aliphatic carbocycles. The lowest BCUT2D eigenvalue weighted by Gasteiger charge is -2.27. The van der Waals surface area contributed by atoms with Crippen molar-refractivity contribution in [3.05, 3.63) is 64.5 Å². The number of amides is 2. The summed E-state index contributed by atoms with van der Waals surface area (Å²) < 4.78 is 1.54. The van der Waals surface area contributed by atoms with Crippen LogP contribution < -0.4 is 15.5 Å². The Labute approximate surface area is 176 Å². The van der Waals surface area contributed by atoms with E-state index >= 15 is 0 Å². The van der Waals surface area contributed by atoms with E-state index in [4.69, 9.17) is 23.2 Å². The number of hydrogen-bond donors (Lipinski definition) is 2. The second-order valence-electron chi connectivity index (χ2n) is 6.37. The van der Waals surface area contributed by atoms with Gasteiger partial charge in [-0.15, -0.1) is 0 Å². The Kier molecular flexibility index (Phi) is 5.37. The molecule has 0 saturated carbocycles. The number of rotatable bonds is 4. The molecule has 29 heavy (non-hydrogen) atoms. The number of hydrogen-bond acceptors (Lipinski definition) is 5. The fourth-order valence-electron chi connectivity index (χ4n) is 2.89. The minimum atomic E-state index is -0.365. The lowest BCUT2D eigenvalue weighted by Crippen LogP contribution is -2.48. The topological polar surface area (TPSA) is 92.2 Å². The maximum Gasteiger partial charge on any atom is 0.276 e. The number of carbonyl (C=O) groups excluding carboxylic acids is 2. The molecule has 3 heterocycles. The molecule has 1 aromatic carbocycles. The fourth-order valence-corrected chi connectivity index (χ4v) is 3.19. The van der Waals surface area contributed by atoms with Crippen LogP contribution in [0.1, 0.15) is 10.5 Å². The van der Waals surface area contributed by atoms with Gasteiger partial charge in [-0.3, -0.25) is 9.59 Å². The third-order valence-corrected chi connectivity index (χ3v) is 5.10. The first-order valence-electron chi connectivity index (χ1n) is 8.80. The number of nitrogens with one attached hydrogen (secondary N) is 2. The molecule has 4 rings (SSSR count). The van der Waals surface area contributed by atoms with Gasteiger partial charge in [0.15, 0.2) is 5.69 Å². The summed E-state index contributed by atoms with van der Waals surface area (Å²) in [6.07, 6.45) is 3.22. The molecule has 3 aromatic rings. The van der Waals surface area contributed by atoms with E-state index < -0.39 is 0 Å². The van der Waals surface area contributed by atoms with E-state index in [0.717, 1.165) is 0 Å². The SMILES string of the molecule is O=C1CN(c2ccc(NC(=O)c3ccn(-c4ccc(Cl)c(Cl)c4)n3)cn2)CCN1. The first-order chi connectivity index (χ1) is 14.0. The second kappa shape index (κ2) is 8.10. The van der Waals surface area contributed by atoms with Crippen molar-refractivity contribution >= 4 is 46.5 Å². The zero-order valence-corrected chi connectivity index (χ0v) is 16.6. The molecule has 0 spiro atoms. The first-order valence-corrected chi connectivity index (χ1v) is 9.55. The van der Waals surface area contributed by atoms with Crippen molar-refractivity contribution in [3.8, 4) is 5.69 Å². The Morgan fingerprint density at radius 1 is 1.14 bits per heavy atom. The van der Waals surface area contributed by atoms with E-state index in [0.29, 0.717) is 40.3 Å². The predicted octanol–water partition coefficient (Wildman–Crippen LogP) is 2.76. The van der Waals surface area contributed by atoms with Crippen molar-refractivity contribution < 1.29 is 9.59 Å². The van der Waals surface area contributed by atoms with E-state index in [1.807, 2.05) is 4.90 Å². The maximum absolute atomic E-state index is 12.5. The lowest BCUT2D eigenvalue weighted by atomic mass is 10.3. The zero-order chi connectivity index (χ0) is 20.4. The van der Waals surface area contributed by atoms with Gasteiger partial charge in [-0.2, -0.15) is 5.10 Å². The number of carbonyl (C=O) groups is 2. The highest BCUT2D eigenvalue weighted by Crippen LogP contribution is 2.24. The van der Waals surface area contributed by atoms with Gasteiger partial charge in [0.25, 0.3) is 5.91 Å². The molecule has 148 valence electrons. The summed E-state index contributed by atoms with van der Waals surface area (Å²) in [5.74, 6) is 0.283. The Morgan fingerprint density at radius 3 is 2.72 bits per heavy atom. The highest BCUT2D eigenvalue weighted by atomic mass is 35.5. The average Bonchev–Trinajstić information content (AvgIpc) is 3.21. The fraction of sp³-hybridized carbons (Fsp3) is 0.158. The zero-order valence-electron chi connectivity index (χ0n) is 15.1. The van der Waals surface area contributed by atoms with Crippen LogP contribution in [0.2, 0.25) is 10.0 Å². The van der Waals surface area contributed by atoms with Crippen molar-refractivity contribution in [1.82, 2.24) is 20.1 Å². The van der Waals surface area contributed by atoms with Crippen molar-refractivity contribution in [2.24, 2.45) is 0 Å². The Balaban J connectivity index is 1.43. The molecule has 2 amide bonds. The summed E-state index contributed by atoms with van der Waals surface area (Å²) in [7, 11) is 0. The highest BCUT2D eigenvalue weighted by Gasteiger charge is 2.17. The number of aromatic nitrogens is 3. The molecule has 0 atom stereocenters. The van der Waals surface area contributed by atoms with Gasteiger partial charge in [-0.1, -0.05) is 23.2 Å². The van der Waals surface area contributed by atoms with E-state index in [2.05, 4.69) is 20.7 Å². The van der Waals surface area contributed by atoms with E-state index in [9.17, 15) is 9.59 Å². The summed E-state index contributed by atoms with van der Waals surface area (Å²) in [4.78, 5) is 30.2. The molecule has 0 radical (unpaired) electrons. The molecule has 1 fully saturated rings. The molecule has 8 nitrogen and oxygen atoms in total. The van der Waals surface area contributed by atoms with Gasteiger partial charge in [0, 0.05) is 19.3 Å². The van der Waals surface area contributed by atoms with Gasteiger partial charge in [0.05, 0.1) is 34.2 Å². The third-order valence-electron chi connectivity index (χ3n) is 4.36. The summed E-state index contributed by atoms with van der Waals surface area (Å²) in [6, 6.07) is 10.2. The monoisotopic (exact) mass is 430 g/mol. The van der Waals surface area contributed by atoms with Gasteiger partial charge < -0.3 is 15.5 Å². The lowest BCUT2D eigenvalue weighted by molar-refractivity contribution is -0.120. The minimum Gasteiger partial charge on any atom is -0.353 e. The number of piperazine rings is 1. The molecular formula is C19H16Cl2N6O2. The standard InChI is InChI=1S/C19H16Cl2N6O2/c20-14-3-2-13(9-15(14)21)27-7-5-16(25-27)19(29)24-12-1-4-17(23-10-12)26-8-6-22-18(28)11-26/h1-5,7,9-10H,6,8,11H2,(H,22,28)(H,24,29). The Hall–Kier alpha value is -3.10. The van der Waals surface area contributed by atoms with Crippen LogP contribution in [0.25, 0.3) is 5.69 Å². The van der Waals surface area contributed by atoms with Crippen LogP contribution in [-0.2, 0) is 4.79 Å². The van der Waals surface area contributed by atoms with Crippen molar-refractivity contribution in [2.45, 2.75) is 0 Å². The van der Waals surface area contributed by atoms with Crippen LogP contribution >= 0.6 is 23.2 Å². The molecule has 1 saturated heterocycles. The van der Waals surface area contributed by atoms with Gasteiger partial charge in [-0.05, 0) is 36.4 Å². The summed E-state index contributed by atoms with van der Waals surface area (Å²) in [5.41, 5.74) is 1.46. The maximum atomic E-state index is 12.5. The molecule has 1 aliphatic heterocycles. The van der Waals surface area contributed by atoms with E-state index in [1.165, 1.54) is 0 Å². The largest absolute Gasteiger partial charge is 0.353 e. The van der Waals surface area contributed by atoms with Crippen LogP contribution in [0.4, 0.5) is 11.5 Å². The van der Waals surface area contributed by atoms with E-state index in [-0.39, 0.29) is 24.1 Å². The smallest absolute Gasteiger partial charge is 0.276 e. The number of halogens is 2. The van der Waals surface area contributed by atoms with Crippen LogP contribution in [0.5, 0.6) is 0 Å². The summed E-state index contributed by atoms with van der Waals surface area (Å²) in [6.45, 7) is 1.54. The third kappa shape index (κ3) is 4.33. The van der Waals surface area contributed by atoms with Crippen molar-refractivity contribution in [3.63, 3.8) is 0 Å². The molecule has 0 unspecified atom stereocenters. The Bertz CT molecular complexity index is 1070. The molecule has 1 aliphatic rings. The predicted molar refractivity (Wildman–Crippen MR) is 111 cm³/mol. The van der Waals surface area contributed by atoms with Crippen molar-refractivity contribution in [2.75, 3.05) is 29.9 Å². The molecule has 2 aromatic heterocycles. The average molecular weight is 431 g/mol. The first kappa shape index (κ1) is 19.2. The molecule has 2 N–H and O–H groups in total. The number of pyridine rings is 1. The van der Waals surface area contributed by atoms with Crippen LogP contribution in [0, 0.1) is 0 Å². The van der Waals surface area contributed by atoms with Gasteiger partial charge >= 0.3 is 0 Å². The van der Waals surface area contributed by atoms with Crippen LogP contribution in [-0.4, -0.2) is 46.2 Å². The summed E-state index contributed by atoms with van der Waals surface area (Å²) >= 11 is 12.0. The number of benzene rings is 1.